The topological polar surface area (TPSA) is 52.6 Å². The van der Waals surface area contributed by atoms with E-state index in [1.165, 1.54) is 12.2 Å². The molecule has 0 aromatic carbocycles. The second kappa shape index (κ2) is 2.62. The maximum absolute atomic E-state index is 11.4. The molecule has 72 valence electrons. The molecule has 3 rings (SSSR count). The standard InChI is InChI=1S/C10H8O4/c11-5-1-3-7-8-4-2-6(12)10(14-8)9(5)13-7/h1-4,7-10H/t7-,8-,9+,10+/m1/s1. The van der Waals surface area contributed by atoms with E-state index in [4.69, 9.17) is 9.47 Å². The van der Waals surface area contributed by atoms with Crippen LogP contribution in [0.1, 0.15) is 0 Å². The zero-order chi connectivity index (χ0) is 9.71. The highest BCUT2D eigenvalue weighted by Gasteiger charge is 2.46. The van der Waals surface area contributed by atoms with Gasteiger partial charge in [-0.25, -0.2) is 0 Å². The molecule has 3 aliphatic heterocycles. The third-order valence-corrected chi connectivity index (χ3v) is 2.67. The molecule has 0 aromatic rings. The van der Waals surface area contributed by atoms with E-state index in [1.54, 1.807) is 12.2 Å². The molecular weight excluding hydrogens is 184 g/mol. The fourth-order valence-corrected chi connectivity index (χ4v) is 1.95. The first-order valence-electron chi connectivity index (χ1n) is 4.51. The van der Waals surface area contributed by atoms with Crippen LogP contribution in [-0.2, 0) is 19.1 Å². The third kappa shape index (κ3) is 0.951. The lowest BCUT2D eigenvalue weighted by atomic mass is 9.93. The Labute approximate surface area is 80.2 Å². The molecule has 0 radical (unpaired) electrons. The molecule has 1 saturated heterocycles. The summed E-state index contributed by atoms with van der Waals surface area (Å²) in [4.78, 5) is 22.8. The molecule has 0 unspecified atom stereocenters. The highest BCUT2D eigenvalue weighted by Crippen LogP contribution is 2.29. The van der Waals surface area contributed by atoms with Crippen LogP contribution in [0.3, 0.4) is 0 Å². The van der Waals surface area contributed by atoms with Crippen molar-refractivity contribution in [3.63, 3.8) is 0 Å². The summed E-state index contributed by atoms with van der Waals surface area (Å²) >= 11 is 0. The summed E-state index contributed by atoms with van der Waals surface area (Å²) in [5.41, 5.74) is 0. The van der Waals surface area contributed by atoms with Crippen LogP contribution >= 0.6 is 0 Å². The van der Waals surface area contributed by atoms with Crippen molar-refractivity contribution >= 4 is 11.6 Å². The number of rotatable bonds is 0. The van der Waals surface area contributed by atoms with Crippen molar-refractivity contribution in [2.45, 2.75) is 24.4 Å². The summed E-state index contributed by atoms with van der Waals surface area (Å²) in [5.74, 6) is -0.373. The van der Waals surface area contributed by atoms with Crippen LogP contribution < -0.4 is 0 Å². The summed E-state index contributed by atoms with van der Waals surface area (Å²) in [6.07, 6.45) is 4.40. The normalized spacial score (nSPS) is 44.3. The minimum atomic E-state index is -0.737. The van der Waals surface area contributed by atoms with Crippen molar-refractivity contribution < 1.29 is 19.1 Å². The number of ether oxygens (including phenoxy) is 2. The van der Waals surface area contributed by atoms with E-state index < -0.39 is 12.2 Å². The lowest BCUT2D eigenvalue weighted by molar-refractivity contribution is -0.198. The van der Waals surface area contributed by atoms with Gasteiger partial charge in [-0.2, -0.15) is 0 Å². The van der Waals surface area contributed by atoms with Crippen LogP contribution in [0.2, 0.25) is 0 Å². The number of carbonyl (C=O) groups excluding carboxylic acids is 2. The Hall–Kier alpha value is -1.26. The van der Waals surface area contributed by atoms with E-state index in [0.717, 1.165) is 0 Å². The van der Waals surface area contributed by atoms with Crippen molar-refractivity contribution in [2.24, 2.45) is 0 Å². The molecule has 0 amide bonds. The van der Waals surface area contributed by atoms with Gasteiger partial charge >= 0.3 is 0 Å². The second-order valence-electron chi connectivity index (χ2n) is 3.57. The maximum Gasteiger partial charge on any atom is 0.187 e. The van der Waals surface area contributed by atoms with Gasteiger partial charge in [0.2, 0.25) is 0 Å². The summed E-state index contributed by atoms with van der Waals surface area (Å²) in [5, 5.41) is 0. The molecule has 0 N–H and O–H groups in total. The van der Waals surface area contributed by atoms with E-state index >= 15 is 0 Å². The first-order chi connectivity index (χ1) is 6.75. The number of hydrogen-bond donors (Lipinski definition) is 0. The molecule has 14 heavy (non-hydrogen) atoms. The molecular formula is C10H8O4. The first-order valence-corrected chi connectivity index (χ1v) is 4.51. The molecule has 0 saturated carbocycles. The molecule has 3 heterocycles. The van der Waals surface area contributed by atoms with Crippen LogP contribution in [0.5, 0.6) is 0 Å². The van der Waals surface area contributed by atoms with Gasteiger partial charge in [0.25, 0.3) is 0 Å². The lowest BCUT2D eigenvalue weighted by Crippen LogP contribution is -2.57. The Morgan fingerprint density at radius 2 is 1.29 bits per heavy atom. The largest absolute Gasteiger partial charge is 0.356 e. The number of ketones is 2. The average molecular weight is 192 g/mol. The molecule has 4 bridgehead atoms. The lowest BCUT2D eigenvalue weighted by Gasteiger charge is -2.41. The number of fused-ring (bicyclic) bond motifs is 6. The van der Waals surface area contributed by atoms with Crippen molar-refractivity contribution in [2.75, 3.05) is 0 Å². The Balaban J connectivity index is 2.06. The van der Waals surface area contributed by atoms with Crippen LogP contribution in [0, 0.1) is 0 Å². The minimum absolute atomic E-state index is 0.187. The van der Waals surface area contributed by atoms with Gasteiger partial charge < -0.3 is 9.47 Å². The second-order valence-corrected chi connectivity index (χ2v) is 3.57. The Bertz CT molecular complexity index is 332. The molecule has 0 aliphatic carbocycles. The van der Waals surface area contributed by atoms with E-state index in [9.17, 15) is 9.59 Å². The van der Waals surface area contributed by atoms with Crippen LogP contribution in [-0.4, -0.2) is 36.0 Å². The van der Waals surface area contributed by atoms with Gasteiger partial charge in [-0.15, -0.1) is 0 Å². The highest BCUT2D eigenvalue weighted by atomic mass is 16.6. The van der Waals surface area contributed by atoms with Crippen molar-refractivity contribution in [3.8, 4) is 0 Å². The number of hydrogen-bond acceptors (Lipinski definition) is 4. The summed E-state index contributed by atoms with van der Waals surface area (Å²) in [6.45, 7) is 0. The van der Waals surface area contributed by atoms with Gasteiger partial charge in [0.15, 0.2) is 23.8 Å². The summed E-state index contributed by atoms with van der Waals surface area (Å²) < 4.78 is 10.9. The van der Waals surface area contributed by atoms with Gasteiger partial charge in [0.1, 0.15) is 12.2 Å². The molecule has 1 fully saturated rings. The Morgan fingerprint density at radius 3 is 1.71 bits per heavy atom. The van der Waals surface area contributed by atoms with E-state index in [0.29, 0.717) is 0 Å². The fraction of sp³-hybridized carbons (Fsp3) is 0.400. The summed E-state index contributed by atoms with van der Waals surface area (Å²) in [7, 11) is 0. The highest BCUT2D eigenvalue weighted by molar-refractivity contribution is 6.03. The predicted octanol–water partition coefficient (Wildman–Crippen LogP) is -0.215. The average Bonchev–Trinajstić information content (AvgIpc) is 2.21. The monoisotopic (exact) mass is 192 g/mol. The van der Waals surface area contributed by atoms with E-state index in [-0.39, 0.29) is 23.8 Å². The quantitative estimate of drug-likeness (QED) is 0.532. The molecule has 3 aliphatic rings. The van der Waals surface area contributed by atoms with Gasteiger partial charge in [-0.05, 0) is 24.3 Å². The molecule has 0 spiro atoms. The maximum atomic E-state index is 11.4. The Morgan fingerprint density at radius 1 is 0.857 bits per heavy atom. The molecule has 4 nitrogen and oxygen atoms in total. The van der Waals surface area contributed by atoms with Gasteiger partial charge in [0, 0.05) is 0 Å². The van der Waals surface area contributed by atoms with Gasteiger partial charge in [-0.1, -0.05) is 0 Å². The van der Waals surface area contributed by atoms with Crippen molar-refractivity contribution in [1.29, 1.82) is 0 Å². The molecule has 4 heteroatoms. The molecule has 4 atom stereocenters. The zero-order valence-corrected chi connectivity index (χ0v) is 7.25. The SMILES string of the molecule is O=C1C=C[C@H]2O[C@@H]1[C@H]1O[C@@H]2C=CC1=O. The smallest absolute Gasteiger partial charge is 0.187 e. The zero-order valence-electron chi connectivity index (χ0n) is 7.25. The van der Waals surface area contributed by atoms with Crippen LogP contribution in [0.25, 0.3) is 0 Å². The van der Waals surface area contributed by atoms with Crippen LogP contribution in [0.15, 0.2) is 24.3 Å². The van der Waals surface area contributed by atoms with E-state index in [2.05, 4.69) is 0 Å². The first kappa shape index (κ1) is 8.08. The third-order valence-electron chi connectivity index (χ3n) is 2.67. The molecule has 0 aromatic heterocycles. The fourth-order valence-electron chi connectivity index (χ4n) is 1.95. The number of carbonyl (C=O) groups is 2. The summed E-state index contributed by atoms with van der Waals surface area (Å²) in [6, 6.07) is 0. The van der Waals surface area contributed by atoms with Crippen molar-refractivity contribution in [1.82, 2.24) is 0 Å². The van der Waals surface area contributed by atoms with Gasteiger partial charge in [0.05, 0.1) is 0 Å². The van der Waals surface area contributed by atoms with Crippen molar-refractivity contribution in [3.05, 3.63) is 24.3 Å². The minimum Gasteiger partial charge on any atom is -0.356 e. The van der Waals surface area contributed by atoms with E-state index in [1.807, 2.05) is 0 Å². The predicted molar refractivity (Wildman–Crippen MR) is 45.6 cm³/mol. The van der Waals surface area contributed by atoms with Crippen LogP contribution in [0.4, 0.5) is 0 Å². The van der Waals surface area contributed by atoms with Gasteiger partial charge in [-0.3, -0.25) is 9.59 Å². The Kier molecular flexibility index (Phi) is 1.51.